The van der Waals surface area contributed by atoms with Gasteiger partial charge >= 0.3 is 12.1 Å². The summed E-state index contributed by atoms with van der Waals surface area (Å²) in [5, 5.41) is 9.20. The summed E-state index contributed by atoms with van der Waals surface area (Å²) in [4.78, 5) is 19.3. The van der Waals surface area contributed by atoms with Gasteiger partial charge in [-0.25, -0.2) is 14.8 Å². The van der Waals surface area contributed by atoms with Gasteiger partial charge in [-0.3, -0.25) is 0 Å². The fraction of sp³-hybridized carbons (Fsp3) is 0.267. The summed E-state index contributed by atoms with van der Waals surface area (Å²) in [5.41, 5.74) is -1.25. The van der Waals surface area contributed by atoms with E-state index in [0.717, 1.165) is 25.0 Å². The zero-order valence-corrected chi connectivity index (χ0v) is 11.7. The second-order valence-electron chi connectivity index (χ2n) is 5.15. The first-order valence-corrected chi connectivity index (χ1v) is 6.80. The molecule has 1 fully saturated rings. The van der Waals surface area contributed by atoms with Crippen LogP contribution in [0.25, 0.3) is 0 Å². The molecule has 23 heavy (non-hydrogen) atoms. The molecule has 8 heteroatoms. The maximum absolute atomic E-state index is 12.7. The Kier molecular flexibility index (Phi) is 3.67. The molecular formula is C15H11F3N2O3. The Hall–Kier alpha value is -2.64. The van der Waals surface area contributed by atoms with Gasteiger partial charge in [-0.15, -0.1) is 0 Å². The largest absolute Gasteiger partial charge is 0.476 e. The summed E-state index contributed by atoms with van der Waals surface area (Å²) >= 11 is 0. The zero-order valence-electron chi connectivity index (χ0n) is 11.7. The number of carboxylic acids is 1. The van der Waals surface area contributed by atoms with Gasteiger partial charge in [0.1, 0.15) is 11.6 Å². The minimum atomic E-state index is -4.51. The van der Waals surface area contributed by atoms with Gasteiger partial charge in [0.15, 0.2) is 11.4 Å². The van der Waals surface area contributed by atoms with Crippen molar-refractivity contribution in [3.8, 4) is 11.5 Å². The zero-order chi connectivity index (χ0) is 16.6. The Balaban J connectivity index is 1.92. The maximum atomic E-state index is 12.7. The lowest BCUT2D eigenvalue weighted by Gasteiger charge is -2.11. The summed E-state index contributed by atoms with van der Waals surface area (Å²) in [6.07, 6.45) is -1.54. The molecule has 0 spiro atoms. The van der Waals surface area contributed by atoms with Crippen LogP contribution in [0.2, 0.25) is 0 Å². The van der Waals surface area contributed by atoms with E-state index in [1.807, 2.05) is 0 Å². The molecule has 0 amide bonds. The fourth-order valence-electron chi connectivity index (χ4n) is 2.01. The van der Waals surface area contributed by atoms with Crippen LogP contribution in [0.15, 0.2) is 30.5 Å². The summed E-state index contributed by atoms with van der Waals surface area (Å²) in [7, 11) is 0. The number of halogens is 3. The minimum Gasteiger partial charge on any atom is -0.476 e. The lowest BCUT2D eigenvalue weighted by Crippen LogP contribution is -2.08. The normalized spacial score (nSPS) is 14.6. The lowest BCUT2D eigenvalue weighted by atomic mass is 10.2. The van der Waals surface area contributed by atoms with Gasteiger partial charge in [-0.05, 0) is 31.0 Å². The van der Waals surface area contributed by atoms with Gasteiger partial charge in [-0.2, -0.15) is 13.2 Å². The number of ether oxygens (including phenoxy) is 1. The Bertz CT molecular complexity index is 758. The second-order valence-corrected chi connectivity index (χ2v) is 5.15. The van der Waals surface area contributed by atoms with E-state index >= 15 is 0 Å². The highest BCUT2D eigenvalue weighted by atomic mass is 19.4. The molecule has 1 aliphatic carbocycles. The van der Waals surface area contributed by atoms with E-state index in [2.05, 4.69) is 9.97 Å². The molecule has 0 bridgehead atoms. The van der Waals surface area contributed by atoms with Gasteiger partial charge in [0.2, 0.25) is 0 Å². The molecular weight excluding hydrogens is 313 g/mol. The van der Waals surface area contributed by atoms with Crippen molar-refractivity contribution in [3.63, 3.8) is 0 Å². The third-order valence-corrected chi connectivity index (χ3v) is 3.31. The molecule has 3 rings (SSSR count). The first-order valence-electron chi connectivity index (χ1n) is 6.80. The number of carboxylic acid groups (broad SMARTS) is 1. The predicted molar refractivity (Wildman–Crippen MR) is 72.5 cm³/mol. The summed E-state index contributed by atoms with van der Waals surface area (Å²) in [6.45, 7) is 0. The van der Waals surface area contributed by atoms with Gasteiger partial charge < -0.3 is 9.84 Å². The Morgan fingerprint density at radius 2 is 2.04 bits per heavy atom. The van der Waals surface area contributed by atoms with Crippen LogP contribution in [0.4, 0.5) is 13.2 Å². The van der Waals surface area contributed by atoms with Crippen LogP contribution in [0.1, 0.15) is 40.6 Å². The number of aromatic nitrogens is 2. The smallest absolute Gasteiger partial charge is 0.416 e. The molecule has 0 atom stereocenters. The Morgan fingerprint density at radius 3 is 2.65 bits per heavy atom. The monoisotopic (exact) mass is 324 g/mol. The van der Waals surface area contributed by atoms with E-state index in [9.17, 15) is 23.1 Å². The molecule has 1 aromatic heterocycles. The maximum Gasteiger partial charge on any atom is 0.416 e. The summed E-state index contributed by atoms with van der Waals surface area (Å²) < 4.78 is 43.3. The van der Waals surface area contributed by atoms with E-state index in [-0.39, 0.29) is 23.1 Å². The third-order valence-electron chi connectivity index (χ3n) is 3.31. The van der Waals surface area contributed by atoms with Crippen LogP contribution in [0.5, 0.6) is 11.5 Å². The van der Waals surface area contributed by atoms with Crippen molar-refractivity contribution in [2.24, 2.45) is 0 Å². The van der Waals surface area contributed by atoms with E-state index in [0.29, 0.717) is 5.82 Å². The second kappa shape index (κ2) is 5.53. The van der Waals surface area contributed by atoms with Crippen LogP contribution in [0.3, 0.4) is 0 Å². The molecule has 1 aliphatic rings. The first kappa shape index (κ1) is 15.3. The number of benzene rings is 1. The molecule has 0 unspecified atom stereocenters. The average molecular weight is 324 g/mol. The minimum absolute atomic E-state index is 0.134. The molecule has 1 saturated carbocycles. The standard InChI is InChI=1S/C15H11F3N2O3/c16-15(17,18)9-2-1-3-10(6-9)23-11-7-19-13(8-4-5-8)20-12(11)14(21)22/h1-3,6-8H,4-5H2,(H,21,22). The molecule has 1 aromatic carbocycles. The van der Waals surface area contributed by atoms with Crippen molar-refractivity contribution in [1.82, 2.24) is 9.97 Å². The summed E-state index contributed by atoms with van der Waals surface area (Å²) in [5.74, 6) is -1.09. The van der Waals surface area contributed by atoms with Crippen molar-refractivity contribution < 1.29 is 27.8 Å². The number of hydrogen-bond donors (Lipinski definition) is 1. The first-order chi connectivity index (χ1) is 10.8. The topological polar surface area (TPSA) is 72.3 Å². The van der Waals surface area contributed by atoms with Crippen LogP contribution in [-0.2, 0) is 6.18 Å². The fourth-order valence-corrected chi connectivity index (χ4v) is 2.01. The number of nitrogens with zero attached hydrogens (tertiary/aromatic N) is 2. The van der Waals surface area contributed by atoms with E-state index in [1.165, 1.54) is 18.3 Å². The number of aromatic carboxylic acids is 1. The number of carbonyl (C=O) groups is 1. The highest BCUT2D eigenvalue weighted by Crippen LogP contribution is 2.39. The molecule has 0 radical (unpaired) electrons. The highest BCUT2D eigenvalue weighted by molar-refractivity contribution is 5.88. The van der Waals surface area contributed by atoms with Crippen molar-refractivity contribution in [2.45, 2.75) is 24.9 Å². The molecule has 1 N–H and O–H groups in total. The lowest BCUT2D eigenvalue weighted by molar-refractivity contribution is -0.137. The molecule has 120 valence electrons. The van der Waals surface area contributed by atoms with Crippen molar-refractivity contribution in [1.29, 1.82) is 0 Å². The average Bonchev–Trinajstić information content (AvgIpc) is 3.31. The molecule has 1 heterocycles. The van der Waals surface area contributed by atoms with Gasteiger partial charge in [0.25, 0.3) is 0 Å². The van der Waals surface area contributed by atoms with E-state index in [4.69, 9.17) is 4.74 Å². The summed E-state index contributed by atoms with van der Waals surface area (Å²) in [6, 6.07) is 4.17. The molecule has 0 saturated heterocycles. The molecule has 2 aromatic rings. The third kappa shape index (κ3) is 3.41. The highest BCUT2D eigenvalue weighted by Gasteiger charge is 2.31. The number of alkyl halides is 3. The van der Waals surface area contributed by atoms with Crippen LogP contribution < -0.4 is 4.74 Å². The van der Waals surface area contributed by atoms with Crippen molar-refractivity contribution >= 4 is 5.97 Å². The van der Waals surface area contributed by atoms with E-state index < -0.39 is 17.7 Å². The Morgan fingerprint density at radius 1 is 1.30 bits per heavy atom. The van der Waals surface area contributed by atoms with Crippen LogP contribution >= 0.6 is 0 Å². The number of rotatable bonds is 4. The van der Waals surface area contributed by atoms with Gasteiger partial charge in [-0.1, -0.05) is 6.07 Å². The molecule has 0 aliphatic heterocycles. The van der Waals surface area contributed by atoms with Crippen molar-refractivity contribution in [3.05, 3.63) is 47.5 Å². The molecule has 5 nitrogen and oxygen atoms in total. The SMILES string of the molecule is O=C(O)c1nc(C2CC2)ncc1Oc1cccc(C(F)(F)F)c1. The van der Waals surface area contributed by atoms with Crippen molar-refractivity contribution in [2.75, 3.05) is 0 Å². The number of hydrogen-bond acceptors (Lipinski definition) is 4. The Labute approximate surface area is 128 Å². The quantitative estimate of drug-likeness (QED) is 0.924. The van der Waals surface area contributed by atoms with E-state index in [1.54, 1.807) is 0 Å². The predicted octanol–water partition coefficient (Wildman–Crippen LogP) is 3.86. The van der Waals surface area contributed by atoms with Crippen LogP contribution in [0, 0.1) is 0 Å². The van der Waals surface area contributed by atoms with Gasteiger partial charge in [0.05, 0.1) is 11.8 Å². The van der Waals surface area contributed by atoms with Crippen LogP contribution in [-0.4, -0.2) is 21.0 Å². The van der Waals surface area contributed by atoms with Gasteiger partial charge in [0, 0.05) is 5.92 Å².